The van der Waals surface area contributed by atoms with E-state index in [1.54, 1.807) is 18.3 Å². The molecule has 0 radical (unpaired) electrons. The zero-order valence-corrected chi connectivity index (χ0v) is 15.6. The molecule has 0 unspecified atom stereocenters. The molecule has 0 fully saturated rings. The molecule has 0 bridgehead atoms. The Morgan fingerprint density at radius 3 is 2.48 bits per heavy atom. The van der Waals surface area contributed by atoms with Gasteiger partial charge in [0.05, 0.1) is 5.69 Å². The third-order valence-corrected chi connectivity index (χ3v) is 5.21. The van der Waals surface area contributed by atoms with Crippen LogP contribution >= 0.6 is 0 Å². The van der Waals surface area contributed by atoms with Gasteiger partial charge in [-0.05, 0) is 71.2 Å². The molecular formula is C24H18N2O3. The van der Waals surface area contributed by atoms with E-state index in [2.05, 4.69) is 17.1 Å². The van der Waals surface area contributed by atoms with Crippen LogP contribution in [0, 0.1) is 0 Å². The molecule has 142 valence electrons. The van der Waals surface area contributed by atoms with Crippen molar-refractivity contribution in [2.45, 2.75) is 6.42 Å². The van der Waals surface area contributed by atoms with Gasteiger partial charge in [0.25, 0.3) is 0 Å². The minimum atomic E-state index is -0.426. The van der Waals surface area contributed by atoms with Crippen LogP contribution in [0.2, 0.25) is 0 Å². The highest BCUT2D eigenvalue weighted by Crippen LogP contribution is 2.44. The van der Waals surface area contributed by atoms with Gasteiger partial charge in [0.1, 0.15) is 0 Å². The lowest BCUT2D eigenvalue weighted by Crippen LogP contribution is -2.10. The van der Waals surface area contributed by atoms with Crippen LogP contribution in [-0.2, 0) is 0 Å². The third-order valence-electron chi connectivity index (χ3n) is 5.21. The van der Waals surface area contributed by atoms with E-state index in [1.807, 2.05) is 42.5 Å². The fourth-order valence-electron chi connectivity index (χ4n) is 3.72. The van der Waals surface area contributed by atoms with Crippen molar-refractivity contribution in [1.82, 2.24) is 4.98 Å². The molecule has 0 atom stereocenters. The number of rotatable bonds is 4. The monoisotopic (exact) mass is 382 g/mol. The van der Waals surface area contributed by atoms with Crippen LogP contribution in [0.5, 0.6) is 11.5 Å². The number of ether oxygens (including phenoxy) is 2. The van der Waals surface area contributed by atoms with Gasteiger partial charge in [-0.1, -0.05) is 24.3 Å². The number of primary amides is 1. The summed E-state index contributed by atoms with van der Waals surface area (Å²) >= 11 is 0. The summed E-state index contributed by atoms with van der Waals surface area (Å²) in [7, 11) is 0. The Hall–Kier alpha value is -3.86. The number of nitrogens with two attached hydrogens (primary N) is 1. The highest BCUT2D eigenvalue weighted by atomic mass is 16.7. The van der Waals surface area contributed by atoms with Gasteiger partial charge in [0.2, 0.25) is 12.7 Å². The van der Waals surface area contributed by atoms with Crippen molar-refractivity contribution in [1.29, 1.82) is 0 Å². The quantitative estimate of drug-likeness (QED) is 0.730. The Labute approximate surface area is 168 Å². The second kappa shape index (κ2) is 6.95. The summed E-state index contributed by atoms with van der Waals surface area (Å²) in [5.74, 6) is 1.10. The molecule has 5 nitrogen and oxygen atoms in total. The summed E-state index contributed by atoms with van der Waals surface area (Å²) in [6, 6.07) is 19.3. The maximum Gasteiger partial charge on any atom is 0.248 e. The topological polar surface area (TPSA) is 74.4 Å². The first kappa shape index (κ1) is 17.3. The Bertz CT molecular complexity index is 1160. The summed E-state index contributed by atoms with van der Waals surface area (Å²) in [5, 5.41) is 0. The molecule has 2 aliphatic rings. The van der Waals surface area contributed by atoms with Gasteiger partial charge in [-0.2, -0.15) is 0 Å². The SMILES string of the molecule is NC(=O)c1ccc(C2=CC(c3ccccn3)=C(c3ccc4c(c3)OCO4)C2)cc1. The predicted octanol–water partition coefficient (Wildman–Crippen LogP) is 4.31. The number of benzene rings is 2. The summed E-state index contributed by atoms with van der Waals surface area (Å²) < 4.78 is 11.0. The van der Waals surface area contributed by atoms with Crippen LogP contribution < -0.4 is 15.2 Å². The van der Waals surface area contributed by atoms with Gasteiger partial charge in [-0.15, -0.1) is 0 Å². The van der Waals surface area contributed by atoms with Crippen molar-refractivity contribution in [3.05, 3.63) is 95.3 Å². The van der Waals surface area contributed by atoms with Crippen molar-refractivity contribution >= 4 is 22.6 Å². The average Bonchev–Trinajstić information content (AvgIpc) is 3.41. The van der Waals surface area contributed by atoms with Crippen LogP contribution in [0.15, 0.2) is 72.9 Å². The summed E-state index contributed by atoms with van der Waals surface area (Å²) in [6.45, 7) is 0.251. The first-order chi connectivity index (χ1) is 14.2. The smallest absolute Gasteiger partial charge is 0.248 e. The number of hydrogen-bond acceptors (Lipinski definition) is 4. The fourth-order valence-corrected chi connectivity index (χ4v) is 3.72. The molecule has 3 aromatic rings. The molecule has 0 saturated carbocycles. The van der Waals surface area contributed by atoms with Crippen LogP contribution in [-0.4, -0.2) is 17.7 Å². The average molecular weight is 382 g/mol. The molecule has 2 N–H and O–H groups in total. The third kappa shape index (κ3) is 3.17. The normalized spacial score (nSPS) is 14.8. The van der Waals surface area contributed by atoms with Crippen LogP contribution in [0.3, 0.4) is 0 Å². The van der Waals surface area contributed by atoms with Gasteiger partial charge in [-0.25, -0.2) is 0 Å². The molecule has 1 aromatic heterocycles. The lowest BCUT2D eigenvalue weighted by atomic mass is 9.96. The van der Waals surface area contributed by atoms with Gasteiger partial charge in [0, 0.05) is 17.3 Å². The number of aromatic nitrogens is 1. The molecule has 1 aliphatic carbocycles. The number of allylic oxidation sites excluding steroid dienone is 4. The molecule has 29 heavy (non-hydrogen) atoms. The van der Waals surface area contributed by atoms with Gasteiger partial charge >= 0.3 is 0 Å². The van der Waals surface area contributed by atoms with Crippen LogP contribution in [0.1, 0.15) is 33.6 Å². The molecule has 1 amide bonds. The zero-order valence-electron chi connectivity index (χ0n) is 15.6. The second-order valence-electron chi connectivity index (χ2n) is 6.96. The van der Waals surface area contributed by atoms with Gasteiger partial charge in [-0.3, -0.25) is 9.78 Å². The molecule has 5 rings (SSSR count). The van der Waals surface area contributed by atoms with Crippen LogP contribution in [0.4, 0.5) is 0 Å². The van der Waals surface area contributed by atoms with E-state index in [0.29, 0.717) is 5.56 Å². The predicted molar refractivity (Wildman–Crippen MR) is 111 cm³/mol. The summed E-state index contributed by atoms with van der Waals surface area (Å²) in [4.78, 5) is 15.9. The maximum atomic E-state index is 11.4. The van der Waals surface area contributed by atoms with E-state index in [-0.39, 0.29) is 6.79 Å². The first-order valence-corrected chi connectivity index (χ1v) is 9.34. The fraction of sp³-hybridized carbons (Fsp3) is 0.0833. The molecule has 5 heteroatoms. The Balaban J connectivity index is 1.56. The number of carbonyl (C=O) groups is 1. The van der Waals surface area contributed by atoms with E-state index in [9.17, 15) is 4.79 Å². The lowest BCUT2D eigenvalue weighted by molar-refractivity contribution is 0.100. The zero-order chi connectivity index (χ0) is 19.8. The number of hydrogen-bond donors (Lipinski definition) is 1. The summed E-state index contributed by atoms with van der Waals surface area (Å²) in [5.41, 5.74) is 12.3. The molecular weight excluding hydrogens is 364 g/mol. The molecule has 1 aliphatic heterocycles. The highest BCUT2D eigenvalue weighted by Gasteiger charge is 2.23. The van der Waals surface area contributed by atoms with Gasteiger partial charge in [0.15, 0.2) is 11.5 Å². The van der Waals surface area contributed by atoms with Crippen molar-refractivity contribution in [3.63, 3.8) is 0 Å². The van der Waals surface area contributed by atoms with Gasteiger partial charge < -0.3 is 15.2 Å². The summed E-state index contributed by atoms with van der Waals surface area (Å²) in [6.07, 6.45) is 4.72. The van der Waals surface area contributed by atoms with E-state index < -0.39 is 5.91 Å². The molecule has 0 spiro atoms. The highest BCUT2D eigenvalue weighted by molar-refractivity contribution is 6.06. The van der Waals surface area contributed by atoms with E-state index in [0.717, 1.165) is 45.9 Å². The number of pyridine rings is 1. The molecule has 2 aromatic carbocycles. The number of carbonyl (C=O) groups excluding carboxylic acids is 1. The second-order valence-corrected chi connectivity index (χ2v) is 6.96. The van der Waals surface area contributed by atoms with E-state index >= 15 is 0 Å². The molecule has 2 heterocycles. The van der Waals surface area contributed by atoms with E-state index in [1.165, 1.54) is 5.57 Å². The maximum absolute atomic E-state index is 11.4. The van der Waals surface area contributed by atoms with Crippen LogP contribution in [0.25, 0.3) is 16.7 Å². The van der Waals surface area contributed by atoms with E-state index in [4.69, 9.17) is 15.2 Å². The minimum Gasteiger partial charge on any atom is -0.454 e. The van der Waals surface area contributed by atoms with Crippen molar-refractivity contribution in [2.75, 3.05) is 6.79 Å². The minimum absolute atomic E-state index is 0.251. The number of amides is 1. The standard InChI is InChI=1S/C24H18N2O3/c25-24(27)16-6-4-15(5-7-16)18-11-19(20(12-18)21-3-1-2-10-26-21)17-8-9-22-23(13-17)29-14-28-22/h1-10,12-13H,11,14H2,(H2,25,27). The number of fused-ring (bicyclic) bond motifs is 1. The van der Waals surface area contributed by atoms with Crippen molar-refractivity contribution < 1.29 is 14.3 Å². The Kier molecular flexibility index (Phi) is 4.13. The first-order valence-electron chi connectivity index (χ1n) is 9.34. The molecule has 0 saturated heterocycles. The van der Waals surface area contributed by atoms with Crippen molar-refractivity contribution in [3.8, 4) is 11.5 Å². The lowest BCUT2D eigenvalue weighted by Gasteiger charge is -2.09. The number of nitrogens with zero attached hydrogens (tertiary/aromatic N) is 1. The van der Waals surface area contributed by atoms with Crippen molar-refractivity contribution in [2.24, 2.45) is 5.73 Å². The Morgan fingerprint density at radius 1 is 0.931 bits per heavy atom. The Morgan fingerprint density at radius 2 is 1.72 bits per heavy atom. The largest absolute Gasteiger partial charge is 0.454 e.